The predicted molar refractivity (Wildman–Crippen MR) is 111 cm³/mol. The molecule has 1 N–H and O–H groups in total. The van der Waals surface area contributed by atoms with Crippen LogP contribution in [0.4, 0.5) is 13.2 Å². The van der Waals surface area contributed by atoms with Crippen molar-refractivity contribution in [3.05, 3.63) is 83.8 Å². The number of imidazole rings is 1. The van der Waals surface area contributed by atoms with Gasteiger partial charge in [-0.05, 0) is 54.4 Å². The Kier molecular flexibility index (Phi) is 4.40. The molecule has 0 radical (unpaired) electrons. The van der Waals surface area contributed by atoms with Crippen LogP contribution in [0.2, 0.25) is 0 Å². The average Bonchev–Trinajstić information content (AvgIpc) is 3.10. The van der Waals surface area contributed by atoms with Crippen molar-refractivity contribution in [2.75, 3.05) is 0 Å². The minimum absolute atomic E-state index is 0.0628. The van der Waals surface area contributed by atoms with Gasteiger partial charge in [0.15, 0.2) is 0 Å². The van der Waals surface area contributed by atoms with E-state index in [1.807, 2.05) is 0 Å². The minimum Gasteiger partial charge on any atom is -0.478 e. The van der Waals surface area contributed by atoms with E-state index in [2.05, 4.69) is 15.0 Å². The van der Waals surface area contributed by atoms with Crippen LogP contribution >= 0.6 is 0 Å². The van der Waals surface area contributed by atoms with Crippen molar-refractivity contribution in [2.45, 2.75) is 6.92 Å². The molecule has 0 saturated heterocycles. The van der Waals surface area contributed by atoms with Gasteiger partial charge in [-0.1, -0.05) is 0 Å². The van der Waals surface area contributed by atoms with Crippen LogP contribution in [0.1, 0.15) is 16.2 Å². The standard InChI is InChI=1S/C23H13F3N4O2/c1-11-29-21-14(23(31)32)8-13(12-4-6-27-19(26)10-12)9-18(21)30(11)17-5-7-28-22-16(25)3-2-15(24)20(17)22/h2-10H,1H3,(H,31,32). The van der Waals surface area contributed by atoms with E-state index in [4.69, 9.17) is 0 Å². The molecular formula is C23H13F3N4O2. The number of nitrogens with zero attached hydrogens (tertiary/aromatic N) is 4. The van der Waals surface area contributed by atoms with Gasteiger partial charge in [0, 0.05) is 18.5 Å². The van der Waals surface area contributed by atoms with Crippen molar-refractivity contribution >= 4 is 27.9 Å². The summed E-state index contributed by atoms with van der Waals surface area (Å²) in [6.07, 6.45) is 2.61. The minimum atomic E-state index is -1.23. The maximum absolute atomic E-state index is 14.8. The number of halogens is 3. The van der Waals surface area contributed by atoms with Gasteiger partial charge in [-0.3, -0.25) is 9.55 Å². The molecule has 9 heteroatoms. The Morgan fingerprint density at radius 2 is 1.66 bits per heavy atom. The Morgan fingerprint density at radius 3 is 2.41 bits per heavy atom. The summed E-state index contributed by atoms with van der Waals surface area (Å²) in [6.45, 7) is 1.63. The zero-order valence-electron chi connectivity index (χ0n) is 16.5. The number of aromatic carboxylic acids is 1. The molecule has 0 bridgehead atoms. The van der Waals surface area contributed by atoms with Crippen molar-refractivity contribution in [1.82, 2.24) is 19.5 Å². The highest BCUT2D eigenvalue weighted by Gasteiger charge is 2.21. The molecule has 3 heterocycles. The number of aryl methyl sites for hydroxylation is 1. The summed E-state index contributed by atoms with van der Waals surface area (Å²) in [6, 6.07) is 9.23. The molecule has 0 fully saturated rings. The van der Waals surface area contributed by atoms with E-state index in [0.717, 1.165) is 12.1 Å². The number of hydrogen-bond donors (Lipinski definition) is 1. The zero-order valence-corrected chi connectivity index (χ0v) is 16.5. The first-order valence-corrected chi connectivity index (χ1v) is 9.46. The molecule has 0 atom stereocenters. The highest BCUT2D eigenvalue weighted by atomic mass is 19.1. The molecule has 3 aromatic heterocycles. The number of carbonyl (C=O) groups is 1. The lowest BCUT2D eigenvalue weighted by Gasteiger charge is -2.12. The number of fused-ring (bicyclic) bond motifs is 2. The molecule has 6 nitrogen and oxygen atoms in total. The van der Waals surface area contributed by atoms with Gasteiger partial charge in [-0.25, -0.2) is 23.5 Å². The Labute approximate surface area is 178 Å². The Balaban J connectivity index is 1.90. The van der Waals surface area contributed by atoms with Gasteiger partial charge in [-0.15, -0.1) is 0 Å². The molecule has 2 aromatic carbocycles. The summed E-state index contributed by atoms with van der Waals surface area (Å²) >= 11 is 0. The first-order valence-electron chi connectivity index (χ1n) is 9.46. The van der Waals surface area contributed by atoms with E-state index in [1.165, 1.54) is 35.2 Å². The molecule has 0 unspecified atom stereocenters. The molecule has 0 spiro atoms. The van der Waals surface area contributed by atoms with E-state index < -0.39 is 23.6 Å². The van der Waals surface area contributed by atoms with Crippen molar-refractivity contribution < 1.29 is 23.1 Å². The normalized spacial score (nSPS) is 11.4. The first-order chi connectivity index (χ1) is 15.3. The molecule has 0 aliphatic rings. The SMILES string of the molecule is Cc1nc2c(C(=O)O)cc(-c3ccnc(F)c3)cc2n1-c1ccnc2c(F)ccc(F)c12. The number of hydrogen-bond acceptors (Lipinski definition) is 4. The largest absolute Gasteiger partial charge is 0.478 e. The van der Waals surface area contributed by atoms with Crippen LogP contribution in [-0.2, 0) is 0 Å². The molecular weight excluding hydrogens is 421 g/mol. The Hall–Kier alpha value is -4.27. The third-order valence-corrected chi connectivity index (χ3v) is 5.23. The second-order valence-electron chi connectivity index (χ2n) is 7.14. The first kappa shape index (κ1) is 19.7. The van der Waals surface area contributed by atoms with Crippen molar-refractivity contribution in [2.24, 2.45) is 0 Å². The number of carboxylic acid groups (broad SMARTS) is 1. The fourth-order valence-corrected chi connectivity index (χ4v) is 3.87. The maximum Gasteiger partial charge on any atom is 0.337 e. The van der Waals surface area contributed by atoms with E-state index in [1.54, 1.807) is 19.1 Å². The van der Waals surface area contributed by atoms with E-state index in [9.17, 15) is 23.1 Å². The molecule has 32 heavy (non-hydrogen) atoms. The number of carboxylic acids is 1. The fourth-order valence-electron chi connectivity index (χ4n) is 3.87. The topological polar surface area (TPSA) is 80.9 Å². The maximum atomic E-state index is 14.8. The van der Waals surface area contributed by atoms with Crippen LogP contribution in [0.25, 0.3) is 38.8 Å². The van der Waals surface area contributed by atoms with Crippen LogP contribution in [0.3, 0.4) is 0 Å². The Morgan fingerprint density at radius 1 is 0.906 bits per heavy atom. The van der Waals surface area contributed by atoms with Gasteiger partial charge in [-0.2, -0.15) is 4.39 Å². The Bertz CT molecular complexity index is 1560. The summed E-state index contributed by atoms with van der Waals surface area (Å²) in [5, 5.41) is 9.71. The highest BCUT2D eigenvalue weighted by Crippen LogP contribution is 2.33. The summed E-state index contributed by atoms with van der Waals surface area (Å²) in [5.74, 6) is -2.97. The monoisotopic (exact) mass is 434 g/mol. The van der Waals surface area contributed by atoms with Crippen molar-refractivity contribution in [1.29, 1.82) is 0 Å². The molecule has 0 amide bonds. The predicted octanol–water partition coefficient (Wildman–Crippen LogP) is 5.06. The summed E-state index contributed by atoms with van der Waals surface area (Å²) in [5.41, 5.74) is 1.30. The van der Waals surface area contributed by atoms with Gasteiger partial charge in [0.1, 0.15) is 28.5 Å². The van der Waals surface area contributed by atoms with E-state index in [-0.39, 0.29) is 27.7 Å². The molecule has 5 rings (SSSR count). The lowest BCUT2D eigenvalue weighted by molar-refractivity contribution is 0.0699. The fraction of sp³-hybridized carbons (Fsp3) is 0.0435. The highest BCUT2D eigenvalue weighted by molar-refractivity contribution is 6.04. The smallest absolute Gasteiger partial charge is 0.337 e. The quantitative estimate of drug-likeness (QED) is 0.402. The summed E-state index contributed by atoms with van der Waals surface area (Å²) < 4.78 is 44.3. The average molecular weight is 434 g/mol. The molecule has 0 aliphatic carbocycles. The summed E-state index contributed by atoms with van der Waals surface area (Å²) in [7, 11) is 0. The van der Waals surface area contributed by atoms with Crippen LogP contribution in [-0.4, -0.2) is 30.6 Å². The van der Waals surface area contributed by atoms with Crippen molar-refractivity contribution in [3.63, 3.8) is 0 Å². The second kappa shape index (κ2) is 7.16. The number of rotatable bonds is 3. The second-order valence-corrected chi connectivity index (χ2v) is 7.14. The third-order valence-electron chi connectivity index (χ3n) is 5.23. The van der Waals surface area contributed by atoms with Gasteiger partial charge in [0.05, 0.1) is 22.2 Å². The molecule has 5 aromatic rings. The third kappa shape index (κ3) is 2.97. The molecule has 0 aliphatic heterocycles. The zero-order chi connectivity index (χ0) is 22.6. The van der Waals surface area contributed by atoms with Crippen LogP contribution < -0.4 is 0 Å². The van der Waals surface area contributed by atoms with Gasteiger partial charge in [0.25, 0.3) is 0 Å². The van der Waals surface area contributed by atoms with Gasteiger partial charge >= 0.3 is 5.97 Å². The van der Waals surface area contributed by atoms with E-state index >= 15 is 0 Å². The van der Waals surface area contributed by atoms with Crippen LogP contribution in [0.15, 0.2) is 54.9 Å². The van der Waals surface area contributed by atoms with Crippen molar-refractivity contribution in [3.8, 4) is 16.8 Å². The molecule has 158 valence electrons. The van der Waals surface area contributed by atoms with Crippen LogP contribution in [0, 0.1) is 24.5 Å². The number of benzene rings is 2. The van der Waals surface area contributed by atoms with Crippen LogP contribution in [0.5, 0.6) is 0 Å². The number of pyridine rings is 2. The van der Waals surface area contributed by atoms with Gasteiger partial charge < -0.3 is 5.11 Å². The van der Waals surface area contributed by atoms with Gasteiger partial charge in [0.2, 0.25) is 5.95 Å². The lowest BCUT2D eigenvalue weighted by atomic mass is 10.0. The lowest BCUT2D eigenvalue weighted by Crippen LogP contribution is -2.02. The number of aromatic nitrogens is 4. The summed E-state index contributed by atoms with van der Waals surface area (Å²) in [4.78, 5) is 23.8. The van der Waals surface area contributed by atoms with E-state index in [0.29, 0.717) is 22.5 Å². The molecule has 0 saturated carbocycles.